The number of piperidine rings is 1. The molecule has 2 aliphatic rings. The predicted octanol–water partition coefficient (Wildman–Crippen LogP) is 2.30. The van der Waals surface area contributed by atoms with Crippen LogP contribution in [0.4, 0.5) is 0 Å². The van der Waals surface area contributed by atoms with Crippen LogP contribution in [0.1, 0.15) is 38.2 Å². The Labute approximate surface area is 121 Å². The molecule has 20 heavy (non-hydrogen) atoms. The number of nitrogens with two attached hydrogens (primary N) is 1. The Morgan fingerprint density at radius 3 is 2.35 bits per heavy atom. The third-order valence-corrected chi connectivity index (χ3v) is 5.06. The van der Waals surface area contributed by atoms with Gasteiger partial charge in [0.05, 0.1) is 5.41 Å². The molecular weight excluding hydrogens is 248 g/mol. The lowest BCUT2D eigenvalue weighted by Gasteiger charge is -2.36. The van der Waals surface area contributed by atoms with Crippen LogP contribution in [0.2, 0.25) is 0 Å². The van der Waals surface area contributed by atoms with Crippen molar-refractivity contribution in [1.82, 2.24) is 4.90 Å². The Morgan fingerprint density at radius 1 is 1.25 bits per heavy atom. The van der Waals surface area contributed by atoms with Gasteiger partial charge in [0.15, 0.2) is 0 Å². The predicted molar refractivity (Wildman–Crippen MR) is 80.3 cm³/mol. The van der Waals surface area contributed by atoms with Crippen molar-refractivity contribution in [1.29, 1.82) is 0 Å². The minimum Gasteiger partial charge on any atom is -0.342 e. The molecule has 0 aromatic heterocycles. The second-order valence-electron chi connectivity index (χ2n) is 6.44. The Bertz CT molecular complexity index is 471. The lowest BCUT2D eigenvalue weighted by atomic mass is 9.88. The monoisotopic (exact) mass is 272 g/mol. The van der Waals surface area contributed by atoms with Gasteiger partial charge in [-0.05, 0) is 44.1 Å². The fraction of sp³-hybridized carbons (Fsp3) is 0.588. The van der Waals surface area contributed by atoms with Gasteiger partial charge in [-0.3, -0.25) is 4.79 Å². The van der Waals surface area contributed by atoms with Crippen LogP contribution in [-0.4, -0.2) is 29.9 Å². The zero-order valence-corrected chi connectivity index (χ0v) is 12.2. The smallest absolute Gasteiger partial charge is 0.233 e. The number of nitrogens with zero attached hydrogens (tertiary/aromatic N) is 1. The van der Waals surface area contributed by atoms with E-state index in [1.165, 1.54) is 5.56 Å². The van der Waals surface area contributed by atoms with E-state index in [0.29, 0.717) is 11.8 Å². The van der Waals surface area contributed by atoms with Crippen LogP contribution in [0.5, 0.6) is 0 Å². The van der Waals surface area contributed by atoms with E-state index in [-0.39, 0.29) is 11.5 Å². The quantitative estimate of drug-likeness (QED) is 0.917. The third kappa shape index (κ3) is 2.35. The van der Waals surface area contributed by atoms with E-state index in [4.69, 9.17) is 5.73 Å². The van der Waals surface area contributed by atoms with E-state index in [1.54, 1.807) is 0 Å². The average Bonchev–Trinajstić information content (AvgIpc) is 3.29. The molecule has 1 aliphatic heterocycles. The van der Waals surface area contributed by atoms with E-state index >= 15 is 0 Å². The summed E-state index contributed by atoms with van der Waals surface area (Å²) in [5.41, 5.74) is 6.96. The summed E-state index contributed by atoms with van der Waals surface area (Å²) in [7, 11) is 0. The van der Waals surface area contributed by atoms with Gasteiger partial charge >= 0.3 is 0 Å². The first kappa shape index (κ1) is 13.6. The summed E-state index contributed by atoms with van der Waals surface area (Å²) in [6, 6.07) is 10.5. The molecule has 1 aliphatic carbocycles. The second-order valence-corrected chi connectivity index (χ2v) is 6.44. The first-order valence-electron chi connectivity index (χ1n) is 7.74. The maximum absolute atomic E-state index is 12.9. The van der Waals surface area contributed by atoms with E-state index in [1.807, 2.05) is 18.2 Å². The largest absolute Gasteiger partial charge is 0.342 e. The lowest BCUT2D eigenvalue weighted by Crippen LogP contribution is -2.46. The van der Waals surface area contributed by atoms with Crippen molar-refractivity contribution >= 4 is 5.91 Å². The number of hydrogen-bond donors (Lipinski definition) is 1. The standard InChI is InChI=1S/C17H24N2O/c1-13(18)14-7-11-19(12-8-14)16(20)17(9-10-17)15-5-3-2-4-6-15/h2-6,13-14H,7-12,18H2,1H3. The summed E-state index contributed by atoms with van der Waals surface area (Å²) in [4.78, 5) is 14.9. The van der Waals surface area contributed by atoms with Crippen molar-refractivity contribution in [2.24, 2.45) is 11.7 Å². The number of rotatable bonds is 3. The van der Waals surface area contributed by atoms with Crippen molar-refractivity contribution in [3.63, 3.8) is 0 Å². The van der Waals surface area contributed by atoms with E-state index in [0.717, 1.165) is 38.8 Å². The van der Waals surface area contributed by atoms with Crippen LogP contribution in [0.25, 0.3) is 0 Å². The fourth-order valence-electron chi connectivity index (χ4n) is 3.44. The molecule has 0 radical (unpaired) electrons. The lowest BCUT2D eigenvalue weighted by molar-refractivity contribution is -0.135. The van der Waals surface area contributed by atoms with Crippen LogP contribution >= 0.6 is 0 Å². The molecule has 2 N–H and O–H groups in total. The van der Waals surface area contributed by atoms with E-state index in [9.17, 15) is 4.79 Å². The van der Waals surface area contributed by atoms with Gasteiger partial charge in [0.2, 0.25) is 5.91 Å². The molecule has 1 atom stereocenters. The van der Waals surface area contributed by atoms with E-state index < -0.39 is 0 Å². The van der Waals surface area contributed by atoms with Crippen molar-refractivity contribution in [2.75, 3.05) is 13.1 Å². The number of carbonyl (C=O) groups excluding carboxylic acids is 1. The normalized spacial score (nSPS) is 23.4. The Hall–Kier alpha value is -1.35. The highest BCUT2D eigenvalue weighted by atomic mass is 16.2. The van der Waals surface area contributed by atoms with Gasteiger partial charge < -0.3 is 10.6 Å². The molecule has 1 heterocycles. The SMILES string of the molecule is CC(N)C1CCN(C(=O)C2(c3ccccc3)CC2)CC1. The third-order valence-electron chi connectivity index (χ3n) is 5.06. The molecule has 1 saturated heterocycles. The van der Waals surface area contributed by atoms with Crippen LogP contribution < -0.4 is 5.73 Å². The minimum absolute atomic E-state index is 0.206. The molecule has 1 unspecified atom stereocenters. The summed E-state index contributed by atoms with van der Waals surface area (Å²) >= 11 is 0. The summed E-state index contributed by atoms with van der Waals surface area (Å²) in [6.07, 6.45) is 4.11. The minimum atomic E-state index is -0.206. The first-order valence-corrected chi connectivity index (χ1v) is 7.74. The highest BCUT2D eigenvalue weighted by Gasteiger charge is 2.53. The molecule has 2 fully saturated rings. The number of hydrogen-bond acceptors (Lipinski definition) is 2. The van der Waals surface area contributed by atoms with Gasteiger partial charge in [0.1, 0.15) is 0 Å². The molecule has 3 nitrogen and oxygen atoms in total. The number of likely N-dealkylation sites (tertiary alicyclic amines) is 1. The number of amides is 1. The van der Waals surface area contributed by atoms with E-state index in [2.05, 4.69) is 24.0 Å². The first-order chi connectivity index (χ1) is 9.63. The van der Waals surface area contributed by atoms with Crippen molar-refractivity contribution in [3.05, 3.63) is 35.9 Å². The van der Waals surface area contributed by atoms with Crippen LogP contribution in [0.3, 0.4) is 0 Å². The Kier molecular flexibility index (Phi) is 3.55. The zero-order chi connectivity index (χ0) is 14.2. The summed E-state index contributed by atoms with van der Waals surface area (Å²) in [6.45, 7) is 3.83. The molecule has 1 aromatic rings. The molecule has 0 bridgehead atoms. The van der Waals surface area contributed by atoms with Crippen molar-refractivity contribution in [3.8, 4) is 0 Å². The van der Waals surface area contributed by atoms with Crippen LogP contribution in [0, 0.1) is 5.92 Å². The highest BCUT2D eigenvalue weighted by molar-refractivity contribution is 5.91. The maximum atomic E-state index is 12.9. The van der Waals surface area contributed by atoms with Crippen molar-refractivity contribution < 1.29 is 4.79 Å². The fourth-order valence-corrected chi connectivity index (χ4v) is 3.44. The molecule has 1 aromatic carbocycles. The molecule has 108 valence electrons. The number of benzene rings is 1. The van der Waals surface area contributed by atoms with Gasteiger partial charge in [0.25, 0.3) is 0 Å². The molecule has 1 amide bonds. The zero-order valence-electron chi connectivity index (χ0n) is 12.2. The summed E-state index contributed by atoms with van der Waals surface area (Å²) in [5.74, 6) is 0.915. The average molecular weight is 272 g/mol. The van der Waals surface area contributed by atoms with Crippen molar-refractivity contribution in [2.45, 2.75) is 44.1 Å². The maximum Gasteiger partial charge on any atom is 0.233 e. The number of carbonyl (C=O) groups is 1. The Balaban J connectivity index is 1.69. The highest BCUT2D eigenvalue weighted by Crippen LogP contribution is 2.49. The van der Waals surface area contributed by atoms with Crippen LogP contribution in [-0.2, 0) is 10.2 Å². The summed E-state index contributed by atoms with van der Waals surface area (Å²) < 4.78 is 0. The second kappa shape index (κ2) is 5.21. The van der Waals surface area contributed by atoms with Gasteiger partial charge in [-0.25, -0.2) is 0 Å². The van der Waals surface area contributed by atoms with Gasteiger partial charge in [-0.1, -0.05) is 30.3 Å². The molecule has 3 rings (SSSR count). The molecule has 0 spiro atoms. The molecular formula is C17H24N2O. The van der Waals surface area contributed by atoms with Crippen LogP contribution in [0.15, 0.2) is 30.3 Å². The topological polar surface area (TPSA) is 46.3 Å². The van der Waals surface area contributed by atoms with Gasteiger partial charge in [-0.2, -0.15) is 0 Å². The summed E-state index contributed by atoms with van der Waals surface area (Å²) in [5, 5.41) is 0. The van der Waals surface area contributed by atoms with Gasteiger partial charge in [-0.15, -0.1) is 0 Å². The Morgan fingerprint density at radius 2 is 1.85 bits per heavy atom. The molecule has 3 heteroatoms. The van der Waals surface area contributed by atoms with Gasteiger partial charge in [0, 0.05) is 19.1 Å². The molecule has 1 saturated carbocycles.